The van der Waals surface area contributed by atoms with Gasteiger partial charge >= 0.3 is 0 Å². The monoisotopic (exact) mass is 261 g/mol. The van der Waals surface area contributed by atoms with Gasteiger partial charge in [-0.25, -0.2) is 0 Å². The Balaban J connectivity index is 2.55. The Hall–Kier alpha value is -0.680. The van der Waals surface area contributed by atoms with E-state index in [4.69, 9.17) is 11.6 Å². The maximum atomic E-state index is 11.7. The quantitative estimate of drug-likeness (QED) is 0.848. The van der Waals surface area contributed by atoms with Crippen LogP contribution in [0.1, 0.15) is 32.2 Å². The predicted octanol–water partition coefficient (Wildman–Crippen LogP) is 2.69. The zero-order chi connectivity index (χ0) is 12.2. The molecule has 90 valence electrons. The summed E-state index contributed by atoms with van der Waals surface area (Å²) in [5.41, 5.74) is -0.415. The lowest BCUT2D eigenvalue weighted by Crippen LogP contribution is -2.27. The van der Waals surface area contributed by atoms with Crippen molar-refractivity contribution in [2.45, 2.75) is 33.6 Å². The first-order valence-electron chi connectivity index (χ1n) is 5.13. The number of carbonyl (C=O) groups is 1. The number of rotatable bonds is 4. The molecule has 0 atom stereocenters. The molecular formula is C10H16ClN3OS. The number of nitrogens with one attached hydrogen (secondary N) is 1. The average molecular weight is 262 g/mol. The average Bonchev–Trinajstić information content (AvgIpc) is 2.61. The van der Waals surface area contributed by atoms with Crippen molar-refractivity contribution in [1.82, 2.24) is 10.2 Å². The molecule has 0 saturated heterocycles. The van der Waals surface area contributed by atoms with Gasteiger partial charge in [0.2, 0.25) is 11.0 Å². The minimum absolute atomic E-state index is 0.0486. The van der Waals surface area contributed by atoms with Gasteiger partial charge in [-0.3, -0.25) is 4.79 Å². The first-order valence-corrected chi connectivity index (χ1v) is 6.48. The number of amides is 1. The highest BCUT2D eigenvalue weighted by Gasteiger charge is 2.22. The van der Waals surface area contributed by atoms with Gasteiger partial charge in [-0.15, -0.1) is 21.8 Å². The van der Waals surface area contributed by atoms with Gasteiger partial charge in [-0.05, 0) is 6.42 Å². The Morgan fingerprint density at radius 2 is 2.12 bits per heavy atom. The molecular weight excluding hydrogens is 246 g/mol. The van der Waals surface area contributed by atoms with Crippen molar-refractivity contribution in [3.63, 3.8) is 0 Å². The van der Waals surface area contributed by atoms with E-state index in [1.54, 1.807) is 0 Å². The van der Waals surface area contributed by atoms with E-state index in [1.165, 1.54) is 11.3 Å². The normalized spacial score (nSPS) is 11.5. The molecule has 4 nitrogen and oxygen atoms in total. The van der Waals surface area contributed by atoms with E-state index < -0.39 is 5.41 Å². The number of aryl methyl sites for hydroxylation is 1. The van der Waals surface area contributed by atoms with Gasteiger partial charge in [0.05, 0.1) is 0 Å². The van der Waals surface area contributed by atoms with Crippen molar-refractivity contribution in [3.8, 4) is 0 Å². The van der Waals surface area contributed by atoms with Crippen molar-refractivity contribution in [2.24, 2.45) is 5.41 Å². The number of hydrogen-bond donors (Lipinski definition) is 1. The van der Waals surface area contributed by atoms with Crippen molar-refractivity contribution < 1.29 is 4.79 Å². The molecule has 0 aliphatic rings. The summed E-state index contributed by atoms with van der Waals surface area (Å²) in [6.07, 6.45) is 1.69. The van der Waals surface area contributed by atoms with E-state index in [0.29, 0.717) is 11.0 Å². The predicted molar refractivity (Wildman–Crippen MR) is 67.0 cm³/mol. The Kier molecular flexibility index (Phi) is 4.68. The van der Waals surface area contributed by atoms with Gasteiger partial charge in [0.25, 0.3) is 0 Å². The van der Waals surface area contributed by atoms with Crippen LogP contribution in [-0.2, 0) is 11.2 Å². The summed E-state index contributed by atoms with van der Waals surface area (Å²) in [4.78, 5) is 11.7. The molecule has 0 bridgehead atoms. The Morgan fingerprint density at radius 3 is 2.69 bits per heavy atom. The number of halogens is 1. The molecule has 0 aromatic carbocycles. The highest BCUT2D eigenvalue weighted by molar-refractivity contribution is 7.15. The SMILES string of the molecule is CC(C)(C)C(=O)Nc1nnc(CCCCl)s1. The Labute approximate surface area is 104 Å². The summed E-state index contributed by atoms with van der Waals surface area (Å²) in [5, 5.41) is 12.1. The summed E-state index contributed by atoms with van der Waals surface area (Å²) in [6, 6.07) is 0. The van der Waals surface area contributed by atoms with Crippen LogP contribution in [-0.4, -0.2) is 22.0 Å². The van der Waals surface area contributed by atoms with Crippen LogP contribution >= 0.6 is 22.9 Å². The van der Waals surface area contributed by atoms with Gasteiger partial charge in [0.15, 0.2) is 0 Å². The zero-order valence-corrected chi connectivity index (χ0v) is 11.3. The van der Waals surface area contributed by atoms with Crippen LogP contribution in [0.2, 0.25) is 0 Å². The largest absolute Gasteiger partial charge is 0.300 e. The summed E-state index contributed by atoms with van der Waals surface area (Å²) >= 11 is 6.99. The maximum Gasteiger partial charge on any atom is 0.231 e. The topological polar surface area (TPSA) is 54.9 Å². The van der Waals surface area contributed by atoms with Gasteiger partial charge in [-0.2, -0.15) is 0 Å². The molecule has 0 spiro atoms. The molecule has 0 unspecified atom stereocenters. The third-order valence-corrected chi connectivity index (χ3v) is 3.06. The van der Waals surface area contributed by atoms with Crippen molar-refractivity contribution in [1.29, 1.82) is 0 Å². The molecule has 1 aromatic heterocycles. The molecule has 1 heterocycles. The van der Waals surface area contributed by atoms with Crippen molar-refractivity contribution in [2.75, 3.05) is 11.2 Å². The Morgan fingerprint density at radius 1 is 1.44 bits per heavy atom. The summed E-state index contributed by atoms with van der Waals surface area (Å²) < 4.78 is 0. The van der Waals surface area contributed by atoms with Crippen LogP contribution in [0.4, 0.5) is 5.13 Å². The first kappa shape index (κ1) is 13.4. The van der Waals surface area contributed by atoms with Crippen LogP contribution in [0.3, 0.4) is 0 Å². The number of anilines is 1. The second-order valence-electron chi connectivity index (χ2n) is 4.50. The minimum Gasteiger partial charge on any atom is -0.300 e. The molecule has 1 rings (SSSR count). The number of nitrogens with zero attached hydrogens (tertiary/aromatic N) is 2. The highest BCUT2D eigenvalue weighted by atomic mass is 35.5. The van der Waals surface area contributed by atoms with Crippen LogP contribution in [0, 0.1) is 5.41 Å². The van der Waals surface area contributed by atoms with Crippen molar-refractivity contribution in [3.05, 3.63) is 5.01 Å². The van der Waals surface area contributed by atoms with Gasteiger partial charge in [0, 0.05) is 17.7 Å². The summed E-state index contributed by atoms with van der Waals surface area (Å²) in [5.74, 6) is 0.566. The smallest absolute Gasteiger partial charge is 0.231 e. The second kappa shape index (κ2) is 5.59. The van der Waals surface area contributed by atoms with E-state index in [-0.39, 0.29) is 5.91 Å². The number of hydrogen-bond acceptors (Lipinski definition) is 4. The van der Waals surface area contributed by atoms with Crippen molar-refractivity contribution >= 4 is 34.0 Å². The van der Waals surface area contributed by atoms with E-state index in [1.807, 2.05) is 20.8 Å². The van der Waals surface area contributed by atoms with Crippen LogP contribution in [0.15, 0.2) is 0 Å². The molecule has 6 heteroatoms. The zero-order valence-electron chi connectivity index (χ0n) is 9.71. The first-order chi connectivity index (χ1) is 7.43. The van der Waals surface area contributed by atoms with Crippen LogP contribution < -0.4 is 5.32 Å². The minimum atomic E-state index is -0.415. The third kappa shape index (κ3) is 4.06. The summed E-state index contributed by atoms with van der Waals surface area (Å²) in [7, 11) is 0. The van der Waals surface area contributed by atoms with Gasteiger partial charge in [-0.1, -0.05) is 32.1 Å². The lowest BCUT2D eigenvalue weighted by Gasteiger charge is -2.15. The van der Waals surface area contributed by atoms with Crippen LogP contribution in [0.5, 0.6) is 0 Å². The van der Waals surface area contributed by atoms with E-state index in [2.05, 4.69) is 15.5 Å². The molecule has 0 fully saturated rings. The number of alkyl halides is 1. The molecule has 0 saturated carbocycles. The fourth-order valence-corrected chi connectivity index (χ4v) is 1.82. The highest BCUT2D eigenvalue weighted by Crippen LogP contribution is 2.20. The standard InChI is InChI=1S/C10H16ClN3OS/c1-10(2,3)8(15)12-9-14-13-7(16-9)5-4-6-11/h4-6H2,1-3H3,(H,12,14,15). The van der Waals surface area contributed by atoms with Gasteiger partial charge < -0.3 is 5.32 Å². The van der Waals surface area contributed by atoms with Crippen LogP contribution in [0.25, 0.3) is 0 Å². The van der Waals surface area contributed by atoms with E-state index >= 15 is 0 Å². The molecule has 1 N–H and O–H groups in total. The maximum absolute atomic E-state index is 11.7. The molecule has 1 aromatic rings. The Bertz CT molecular complexity index is 359. The van der Waals surface area contributed by atoms with E-state index in [9.17, 15) is 4.79 Å². The third-order valence-electron chi connectivity index (χ3n) is 1.89. The van der Waals surface area contributed by atoms with E-state index in [0.717, 1.165) is 17.8 Å². The molecule has 0 aliphatic carbocycles. The number of carbonyl (C=O) groups excluding carboxylic acids is 1. The fourth-order valence-electron chi connectivity index (χ4n) is 0.908. The lowest BCUT2D eigenvalue weighted by atomic mass is 9.96. The fraction of sp³-hybridized carbons (Fsp3) is 0.700. The molecule has 0 aliphatic heterocycles. The second-order valence-corrected chi connectivity index (χ2v) is 5.94. The van der Waals surface area contributed by atoms with Gasteiger partial charge in [0.1, 0.15) is 5.01 Å². The molecule has 0 radical (unpaired) electrons. The lowest BCUT2D eigenvalue weighted by molar-refractivity contribution is -0.123. The number of aromatic nitrogens is 2. The molecule has 16 heavy (non-hydrogen) atoms. The summed E-state index contributed by atoms with van der Waals surface area (Å²) in [6.45, 7) is 5.58. The molecule has 1 amide bonds.